The van der Waals surface area contributed by atoms with Crippen molar-refractivity contribution in [3.05, 3.63) is 0 Å². The highest BCUT2D eigenvalue weighted by atomic mass is 15.2. The molecule has 2 rings (SSSR count). The Morgan fingerprint density at radius 1 is 1.08 bits per heavy atom. The molecule has 0 amide bonds. The molecule has 2 aliphatic heterocycles. The van der Waals surface area contributed by atoms with E-state index in [1.54, 1.807) is 0 Å². The van der Waals surface area contributed by atoms with E-state index in [0.717, 1.165) is 6.04 Å². The van der Waals surface area contributed by atoms with Gasteiger partial charge in [0.1, 0.15) is 0 Å². The Balaban J connectivity index is 1.77. The molecular formula is C10H20N2. The predicted octanol–water partition coefficient (Wildman–Crippen LogP) is 1.18. The van der Waals surface area contributed by atoms with Crippen LogP contribution in [0.15, 0.2) is 0 Å². The second-order valence-corrected chi connectivity index (χ2v) is 4.28. The summed E-state index contributed by atoms with van der Waals surface area (Å²) < 4.78 is 0. The highest BCUT2D eigenvalue weighted by Gasteiger charge is 2.24. The highest BCUT2D eigenvalue weighted by Crippen LogP contribution is 2.18. The molecule has 0 bridgehead atoms. The summed E-state index contributed by atoms with van der Waals surface area (Å²) in [6.07, 6.45) is 5.69. The van der Waals surface area contributed by atoms with Crippen LogP contribution in [0.5, 0.6) is 0 Å². The fraction of sp³-hybridized carbons (Fsp3) is 1.00. The molecule has 0 aromatic heterocycles. The molecule has 2 nitrogen and oxygen atoms in total. The number of hydrogen-bond donors (Lipinski definition) is 0. The van der Waals surface area contributed by atoms with Gasteiger partial charge in [-0.25, -0.2) is 0 Å². The molecule has 2 aliphatic rings. The molecule has 0 aliphatic carbocycles. The maximum Gasteiger partial charge on any atom is 0.0220 e. The summed E-state index contributed by atoms with van der Waals surface area (Å²) in [5.41, 5.74) is 0. The molecule has 2 heteroatoms. The quantitative estimate of drug-likeness (QED) is 0.611. The van der Waals surface area contributed by atoms with Gasteiger partial charge in [0.25, 0.3) is 0 Å². The third-order valence-corrected chi connectivity index (χ3v) is 3.34. The predicted molar refractivity (Wildman–Crippen MR) is 51.3 cm³/mol. The van der Waals surface area contributed by atoms with E-state index >= 15 is 0 Å². The summed E-state index contributed by atoms with van der Waals surface area (Å²) >= 11 is 0. The zero-order chi connectivity index (χ0) is 8.39. The SMILES string of the molecule is CN1CCCC1CN1CCCC1. The molecule has 0 aromatic rings. The van der Waals surface area contributed by atoms with Crippen LogP contribution in [0, 0.1) is 0 Å². The minimum atomic E-state index is 0.864. The molecule has 2 saturated heterocycles. The Labute approximate surface area is 75.5 Å². The number of hydrogen-bond acceptors (Lipinski definition) is 2. The summed E-state index contributed by atoms with van der Waals surface area (Å²) in [5, 5.41) is 0. The molecule has 0 radical (unpaired) electrons. The second kappa shape index (κ2) is 3.75. The normalized spacial score (nSPS) is 33.2. The zero-order valence-corrected chi connectivity index (χ0v) is 8.13. The van der Waals surface area contributed by atoms with Gasteiger partial charge < -0.3 is 9.80 Å². The van der Waals surface area contributed by atoms with Crippen molar-refractivity contribution in [1.82, 2.24) is 9.80 Å². The number of nitrogens with zero attached hydrogens (tertiary/aromatic N) is 2. The monoisotopic (exact) mass is 168 g/mol. The third-order valence-electron chi connectivity index (χ3n) is 3.34. The first-order valence-corrected chi connectivity index (χ1v) is 5.29. The topological polar surface area (TPSA) is 6.48 Å². The first-order valence-electron chi connectivity index (χ1n) is 5.29. The molecule has 2 heterocycles. The van der Waals surface area contributed by atoms with Gasteiger partial charge in [0.15, 0.2) is 0 Å². The van der Waals surface area contributed by atoms with Crippen LogP contribution < -0.4 is 0 Å². The Hall–Kier alpha value is -0.0800. The van der Waals surface area contributed by atoms with Crippen molar-refractivity contribution >= 4 is 0 Å². The maximum atomic E-state index is 2.63. The van der Waals surface area contributed by atoms with Crippen LogP contribution in [0.3, 0.4) is 0 Å². The van der Waals surface area contributed by atoms with Crippen molar-refractivity contribution in [3.8, 4) is 0 Å². The molecule has 12 heavy (non-hydrogen) atoms. The molecule has 0 N–H and O–H groups in total. The summed E-state index contributed by atoms with van der Waals surface area (Å²) in [6, 6.07) is 0.864. The van der Waals surface area contributed by atoms with Gasteiger partial charge in [0.05, 0.1) is 0 Å². The van der Waals surface area contributed by atoms with Gasteiger partial charge >= 0.3 is 0 Å². The van der Waals surface area contributed by atoms with Crippen LogP contribution in [0.4, 0.5) is 0 Å². The standard InChI is InChI=1S/C10H20N2/c1-11-6-4-5-10(11)9-12-7-2-3-8-12/h10H,2-9H2,1H3. The number of likely N-dealkylation sites (tertiary alicyclic amines) is 2. The molecular weight excluding hydrogens is 148 g/mol. The van der Waals surface area contributed by atoms with Crippen molar-refractivity contribution in [3.63, 3.8) is 0 Å². The van der Waals surface area contributed by atoms with Gasteiger partial charge in [-0.05, 0) is 52.4 Å². The Morgan fingerprint density at radius 3 is 2.42 bits per heavy atom. The smallest absolute Gasteiger partial charge is 0.0220 e. The van der Waals surface area contributed by atoms with E-state index in [2.05, 4.69) is 16.8 Å². The van der Waals surface area contributed by atoms with Crippen molar-refractivity contribution in [2.45, 2.75) is 31.7 Å². The summed E-state index contributed by atoms with van der Waals surface area (Å²) in [5.74, 6) is 0. The molecule has 70 valence electrons. The van der Waals surface area contributed by atoms with E-state index in [1.165, 1.54) is 51.9 Å². The first kappa shape index (κ1) is 8.52. The van der Waals surface area contributed by atoms with E-state index in [-0.39, 0.29) is 0 Å². The largest absolute Gasteiger partial charge is 0.302 e. The van der Waals surface area contributed by atoms with E-state index in [9.17, 15) is 0 Å². The van der Waals surface area contributed by atoms with Crippen LogP contribution >= 0.6 is 0 Å². The van der Waals surface area contributed by atoms with E-state index in [1.807, 2.05) is 0 Å². The molecule has 0 saturated carbocycles. The molecule has 0 spiro atoms. The average molecular weight is 168 g/mol. The van der Waals surface area contributed by atoms with E-state index in [0.29, 0.717) is 0 Å². The van der Waals surface area contributed by atoms with Gasteiger partial charge in [0.2, 0.25) is 0 Å². The lowest BCUT2D eigenvalue weighted by molar-refractivity contribution is 0.220. The van der Waals surface area contributed by atoms with Crippen LogP contribution in [0.1, 0.15) is 25.7 Å². The summed E-state index contributed by atoms with van der Waals surface area (Å²) in [7, 11) is 2.27. The second-order valence-electron chi connectivity index (χ2n) is 4.28. The highest BCUT2D eigenvalue weighted by molar-refractivity contribution is 4.81. The van der Waals surface area contributed by atoms with Gasteiger partial charge in [-0.15, -0.1) is 0 Å². The van der Waals surface area contributed by atoms with E-state index in [4.69, 9.17) is 0 Å². The molecule has 1 unspecified atom stereocenters. The zero-order valence-electron chi connectivity index (χ0n) is 8.13. The van der Waals surface area contributed by atoms with Gasteiger partial charge in [0, 0.05) is 12.6 Å². The van der Waals surface area contributed by atoms with Gasteiger partial charge in [-0.1, -0.05) is 0 Å². The number of rotatable bonds is 2. The van der Waals surface area contributed by atoms with Crippen molar-refractivity contribution in [2.24, 2.45) is 0 Å². The van der Waals surface area contributed by atoms with Crippen LogP contribution in [0.2, 0.25) is 0 Å². The third kappa shape index (κ3) is 1.80. The Kier molecular flexibility index (Phi) is 2.66. The lowest BCUT2D eigenvalue weighted by Crippen LogP contribution is -2.37. The maximum absolute atomic E-state index is 2.63. The molecule has 1 atom stereocenters. The Morgan fingerprint density at radius 2 is 1.83 bits per heavy atom. The fourth-order valence-corrected chi connectivity index (χ4v) is 2.47. The van der Waals surface area contributed by atoms with Crippen LogP contribution in [0.25, 0.3) is 0 Å². The molecule has 0 aromatic carbocycles. The van der Waals surface area contributed by atoms with Crippen LogP contribution in [-0.4, -0.2) is 49.1 Å². The lowest BCUT2D eigenvalue weighted by atomic mass is 10.2. The molecule has 2 fully saturated rings. The van der Waals surface area contributed by atoms with Gasteiger partial charge in [-0.2, -0.15) is 0 Å². The average Bonchev–Trinajstić information content (AvgIpc) is 2.65. The van der Waals surface area contributed by atoms with Crippen molar-refractivity contribution in [2.75, 3.05) is 33.2 Å². The Bertz CT molecular complexity index is 141. The summed E-state index contributed by atoms with van der Waals surface area (Å²) in [4.78, 5) is 5.16. The summed E-state index contributed by atoms with van der Waals surface area (Å²) in [6.45, 7) is 5.35. The van der Waals surface area contributed by atoms with Crippen molar-refractivity contribution in [1.29, 1.82) is 0 Å². The van der Waals surface area contributed by atoms with Crippen molar-refractivity contribution < 1.29 is 0 Å². The minimum absolute atomic E-state index is 0.864. The number of likely N-dealkylation sites (N-methyl/N-ethyl adjacent to an activating group) is 1. The first-order chi connectivity index (χ1) is 5.86. The minimum Gasteiger partial charge on any atom is -0.302 e. The lowest BCUT2D eigenvalue weighted by Gasteiger charge is -2.24. The van der Waals surface area contributed by atoms with E-state index < -0.39 is 0 Å². The fourth-order valence-electron chi connectivity index (χ4n) is 2.47. The van der Waals surface area contributed by atoms with Gasteiger partial charge in [-0.3, -0.25) is 0 Å². The van der Waals surface area contributed by atoms with Crippen LogP contribution in [-0.2, 0) is 0 Å².